The van der Waals surface area contributed by atoms with E-state index in [0.717, 1.165) is 30.1 Å². The van der Waals surface area contributed by atoms with Crippen molar-refractivity contribution < 1.29 is 0 Å². The highest BCUT2D eigenvalue weighted by Gasteiger charge is 2.26. The Labute approximate surface area is 158 Å². The monoisotopic (exact) mass is 344 g/mol. The number of rotatable bonds is 2. The minimum atomic E-state index is 0.721. The van der Waals surface area contributed by atoms with Gasteiger partial charge in [0.25, 0.3) is 0 Å². The van der Waals surface area contributed by atoms with E-state index in [1.54, 1.807) is 0 Å². The highest BCUT2D eigenvalue weighted by molar-refractivity contribution is 6.51. The van der Waals surface area contributed by atoms with Crippen LogP contribution in [0.15, 0.2) is 42.5 Å². The van der Waals surface area contributed by atoms with Gasteiger partial charge < -0.3 is 10.6 Å². The largest absolute Gasteiger partial charge is 0.399 e. The summed E-state index contributed by atoms with van der Waals surface area (Å²) >= 11 is 0. The highest BCUT2D eigenvalue weighted by Crippen LogP contribution is 2.28. The van der Waals surface area contributed by atoms with Crippen LogP contribution in [0.2, 0.25) is 6.82 Å². The molecule has 0 saturated carbocycles. The third-order valence-corrected chi connectivity index (χ3v) is 5.50. The molecule has 2 N–H and O–H groups in total. The minimum Gasteiger partial charge on any atom is -0.399 e. The maximum absolute atomic E-state index is 9.11. The zero-order valence-corrected chi connectivity index (χ0v) is 15.6. The summed E-state index contributed by atoms with van der Waals surface area (Å²) in [6.45, 7) is 4.56. The molecule has 2 aliphatic rings. The molecule has 26 heavy (non-hydrogen) atoms. The summed E-state index contributed by atoms with van der Waals surface area (Å²) in [4.78, 5) is 2.64. The van der Waals surface area contributed by atoms with Gasteiger partial charge in [0.1, 0.15) is 7.28 Å². The smallest absolute Gasteiger partial charge is 0.148 e. The standard InChI is InChI=1S/C15H18N2.C7H9BN/c16-11-13-5-3-4-12-10-14(6-7-15(12)13)17-8-1-2-9-17;1-8-6-2-4-7(9)5-3-6/h3-5,14H,1-2,6-10H2;2-5H,9H2,1H3. The molecule has 4 rings (SSSR count). The fraction of sp³-hybridized carbons (Fsp3) is 0.409. The minimum absolute atomic E-state index is 0.721. The number of likely N-dealkylation sites (tertiary alicyclic amines) is 1. The second kappa shape index (κ2) is 8.92. The summed E-state index contributed by atoms with van der Waals surface area (Å²) in [6, 6.07) is 17.0. The summed E-state index contributed by atoms with van der Waals surface area (Å²) in [5, 5.41) is 9.11. The first-order valence-electron chi connectivity index (χ1n) is 9.61. The van der Waals surface area contributed by atoms with Crippen LogP contribution >= 0.6 is 0 Å². The maximum Gasteiger partial charge on any atom is 0.148 e. The molecule has 1 atom stereocenters. The maximum atomic E-state index is 9.11. The SMILES string of the molecule is C[B]c1ccc(N)cc1.N#Cc1cccc2c1CCC(N1CCCC1)C2. The van der Waals surface area contributed by atoms with Crippen LogP contribution in [-0.4, -0.2) is 31.3 Å². The quantitative estimate of drug-likeness (QED) is 0.673. The van der Waals surface area contributed by atoms with Gasteiger partial charge in [0.15, 0.2) is 0 Å². The van der Waals surface area contributed by atoms with Crippen molar-refractivity contribution in [2.24, 2.45) is 0 Å². The first-order valence-corrected chi connectivity index (χ1v) is 9.61. The molecule has 4 heteroatoms. The Morgan fingerprint density at radius 2 is 1.85 bits per heavy atom. The zero-order chi connectivity index (χ0) is 18.4. The number of hydrogen-bond donors (Lipinski definition) is 1. The van der Waals surface area contributed by atoms with Crippen molar-refractivity contribution in [1.29, 1.82) is 5.26 Å². The summed E-state index contributed by atoms with van der Waals surface area (Å²) in [5.41, 5.74) is 11.1. The van der Waals surface area contributed by atoms with Gasteiger partial charge in [-0.15, -0.1) is 0 Å². The number of nitriles is 1. The zero-order valence-electron chi connectivity index (χ0n) is 15.6. The van der Waals surface area contributed by atoms with E-state index in [4.69, 9.17) is 11.0 Å². The Morgan fingerprint density at radius 3 is 2.50 bits per heavy atom. The van der Waals surface area contributed by atoms with Gasteiger partial charge in [0.05, 0.1) is 11.6 Å². The number of benzene rings is 2. The fourth-order valence-electron chi connectivity index (χ4n) is 4.00. The Bertz CT molecular complexity index is 758. The van der Waals surface area contributed by atoms with E-state index in [0.29, 0.717) is 0 Å². The first kappa shape index (κ1) is 18.5. The molecule has 1 aliphatic heterocycles. The van der Waals surface area contributed by atoms with Crippen molar-refractivity contribution >= 4 is 18.4 Å². The predicted molar refractivity (Wildman–Crippen MR) is 110 cm³/mol. The average molecular weight is 344 g/mol. The average Bonchev–Trinajstić information content (AvgIpc) is 3.23. The molecule has 2 aromatic rings. The first-order chi connectivity index (χ1) is 12.7. The third-order valence-electron chi connectivity index (χ3n) is 5.50. The molecule has 1 heterocycles. The van der Waals surface area contributed by atoms with E-state index in [1.807, 2.05) is 50.5 Å². The van der Waals surface area contributed by atoms with Crippen molar-refractivity contribution in [3.8, 4) is 6.07 Å². The third kappa shape index (κ3) is 4.48. The van der Waals surface area contributed by atoms with Gasteiger partial charge >= 0.3 is 0 Å². The lowest BCUT2D eigenvalue weighted by molar-refractivity contribution is 0.222. The lowest BCUT2D eigenvalue weighted by Crippen LogP contribution is -2.37. The molecule has 3 nitrogen and oxygen atoms in total. The van der Waals surface area contributed by atoms with Crippen LogP contribution in [0.25, 0.3) is 0 Å². The fourth-order valence-corrected chi connectivity index (χ4v) is 4.00. The molecule has 133 valence electrons. The number of fused-ring (bicyclic) bond motifs is 1. The van der Waals surface area contributed by atoms with Gasteiger partial charge in [-0.1, -0.05) is 36.6 Å². The molecule has 1 aliphatic carbocycles. The van der Waals surface area contributed by atoms with Gasteiger partial charge in [-0.25, -0.2) is 0 Å². The molecular weight excluding hydrogens is 317 g/mol. The van der Waals surface area contributed by atoms with Gasteiger partial charge in [0.2, 0.25) is 0 Å². The summed E-state index contributed by atoms with van der Waals surface area (Å²) in [6.07, 6.45) is 6.18. The molecule has 0 amide bonds. The summed E-state index contributed by atoms with van der Waals surface area (Å²) in [5.74, 6) is 0. The van der Waals surface area contributed by atoms with E-state index in [-0.39, 0.29) is 0 Å². The molecular formula is C22H27BN3. The number of nitrogens with two attached hydrogens (primary N) is 1. The topological polar surface area (TPSA) is 53.1 Å². The van der Waals surface area contributed by atoms with E-state index in [1.165, 1.54) is 48.9 Å². The second-order valence-electron chi connectivity index (χ2n) is 7.15. The molecule has 0 spiro atoms. The van der Waals surface area contributed by atoms with Gasteiger partial charge in [-0.2, -0.15) is 5.26 Å². The molecule has 1 radical (unpaired) electrons. The lowest BCUT2D eigenvalue weighted by Gasteiger charge is -2.32. The number of anilines is 1. The van der Waals surface area contributed by atoms with Crippen LogP contribution < -0.4 is 11.2 Å². The van der Waals surface area contributed by atoms with Crippen LogP contribution in [-0.2, 0) is 12.8 Å². The molecule has 1 fully saturated rings. The Morgan fingerprint density at radius 1 is 1.12 bits per heavy atom. The highest BCUT2D eigenvalue weighted by atomic mass is 15.2. The molecule has 0 aromatic heterocycles. The van der Waals surface area contributed by atoms with Crippen molar-refractivity contribution in [3.05, 3.63) is 59.2 Å². The van der Waals surface area contributed by atoms with Gasteiger partial charge in [0, 0.05) is 11.7 Å². The number of hydrogen-bond acceptors (Lipinski definition) is 3. The number of nitrogen functional groups attached to an aromatic ring is 1. The Kier molecular flexibility index (Phi) is 6.36. The molecule has 1 unspecified atom stereocenters. The summed E-state index contributed by atoms with van der Waals surface area (Å²) < 4.78 is 0. The Hall–Kier alpha value is -2.25. The van der Waals surface area contributed by atoms with Gasteiger partial charge in [-0.05, 0) is 74.5 Å². The van der Waals surface area contributed by atoms with Crippen molar-refractivity contribution in [2.75, 3.05) is 18.8 Å². The van der Waals surface area contributed by atoms with Crippen molar-refractivity contribution in [2.45, 2.75) is 45.0 Å². The van der Waals surface area contributed by atoms with E-state index in [9.17, 15) is 0 Å². The lowest BCUT2D eigenvalue weighted by atomic mass is 9.73. The van der Waals surface area contributed by atoms with E-state index in [2.05, 4.69) is 17.0 Å². The predicted octanol–water partition coefficient (Wildman–Crippen LogP) is 3.16. The van der Waals surface area contributed by atoms with Crippen molar-refractivity contribution in [3.63, 3.8) is 0 Å². The molecule has 2 aromatic carbocycles. The molecule has 0 bridgehead atoms. The van der Waals surface area contributed by atoms with Gasteiger partial charge in [-0.3, -0.25) is 0 Å². The van der Waals surface area contributed by atoms with E-state index >= 15 is 0 Å². The van der Waals surface area contributed by atoms with Crippen LogP contribution in [0.4, 0.5) is 5.69 Å². The van der Waals surface area contributed by atoms with E-state index < -0.39 is 0 Å². The van der Waals surface area contributed by atoms with Crippen LogP contribution in [0.5, 0.6) is 0 Å². The molecule has 1 saturated heterocycles. The van der Waals surface area contributed by atoms with Crippen molar-refractivity contribution in [1.82, 2.24) is 4.90 Å². The normalized spacial score (nSPS) is 19.0. The van der Waals surface area contributed by atoms with Crippen LogP contribution in [0.3, 0.4) is 0 Å². The number of nitrogens with zero attached hydrogens (tertiary/aromatic N) is 2. The van der Waals surface area contributed by atoms with Crippen LogP contribution in [0, 0.1) is 11.3 Å². The Balaban J connectivity index is 0.000000185. The van der Waals surface area contributed by atoms with Crippen LogP contribution in [0.1, 0.15) is 36.0 Å². The summed E-state index contributed by atoms with van der Waals surface area (Å²) in [7, 11) is 2.04. The second-order valence-corrected chi connectivity index (χ2v) is 7.15.